The van der Waals surface area contributed by atoms with Gasteiger partial charge in [-0.25, -0.2) is 0 Å². The quantitative estimate of drug-likeness (QED) is 0.735. The van der Waals surface area contributed by atoms with Gasteiger partial charge in [-0.1, -0.05) is 13.8 Å². The molecule has 0 saturated heterocycles. The van der Waals surface area contributed by atoms with Crippen molar-refractivity contribution in [2.75, 3.05) is 6.54 Å². The SMILES string of the molecule is CC.NCC1CCCc2sccc21. The Morgan fingerprint density at radius 3 is 3.00 bits per heavy atom. The zero-order valence-electron chi connectivity index (χ0n) is 8.55. The lowest BCUT2D eigenvalue weighted by Gasteiger charge is -2.20. The molecular formula is C11H19NS. The van der Waals surface area contributed by atoms with Gasteiger partial charge in [0.2, 0.25) is 0 Å². The molecule has 1 aromatic heterocycles. The van der Waals surface area contributed by atoms with Crippen LogP contribution in [0.25, 0.3) is 0 Å². The molecule has 2 rings (SSSR count). The molecule has 0 fully saturated rings. The predicted octanol–water partition coefficient (Wildman–Crippen LogP) is 3.15. The van der Waals surface area contributed by atoms with Crippen molar-refractivity contribution in [1.82, 2.24) is 0 Å². The van der Waals surface area contributed by atoms with Crippen LogP contribution in [0.3, 0.4) is 0 Å². The van der Waals surface area contributed by atoms with Crippen molar-refractivity contribution >= 4 is 11.3 Å². The third-order valence-corrected chi connectivity index (χ3v) is 3.46. The highest BCUT2D eigenvalue weighted by Crippen LogP contribution is 2.33. The van der Waals surface area contributed by atoms with Crippen LogP contribution in [-0.2, 0) is 6.42 Å². The average Bonchev–Trinajstić information content (AvgIpc) is 2.68. The molecule has 0 bridgehead atoms. The van der Waals surface area contributed by atoms with Gasteiger partial charge in [0.15, 0.2) is 0 Å². The molecule has 1 aliphatic carbocycles. The Hall–Kier alpha value is -0.340. The van der Waals surface area contributed by atoms with Gasteiger partial charge in [-0.15, -0.1) is 11.3 Å². The van der Waals surface area contributed by atoms with E-state index in [9.17, 15) is 0 Å². The van der Waals surface area contributed by atoms with Crippen molar-refractivity contribution in [3.63, 3.8) is 0 Å². The monoisotopic (exact) mass is 197 g/mol. The number of fused-ring (bicyclic) bond motifs is 1. The minimum Gasteiger partial charge on any atom is -0.330 e. The van der Waals surface area contributed by atoms with Crippen LogP contribution in [0.1, 0.15) is 43.0 Å². The van der Waals surface area contributed by atoms with E-state index in [4.69, 9.17) is 5.73 Å². The first kappa shape index (κ1) is 10.7. The zero-order chi connectivity index (χ0) is 9.68. The van der Waals surface area contributed by atoms with Crippen LogP contribution in [0.2, 0.25) is 0 Å². The molecule has 74 valence electrons. The molecular weight excluding hydrogens is 178 g/mol. The summed E-state index contributed by atoms with van der Waals surface area (Å²) < 4.78 is 0. The fraction of sp³-hybridized carbons (Fsp3) is 0.636. The number of thiophene rings is 1. The second-order valence-corrected chi connectivity index (χ2v) is 4.12. The van der Waals surface area contributed by atoms with Crippen LogP contribution >= 0.6 is 11.3 Å². The van der Waals surface area contributed by atoms with Crippen molar-refractivity contribution in [1.29, 1.82) is 0 Å². The summed E-state index contributed by atoms with van der Waals surface area (Å²) in [6.07, 6.45) is 3.90. The largest absolute Gasteiger partial charge is 0.330 e. The number of rotatable bonds is 1. The topological polar surface area (TPSA) is 26.0 Å². The second-order valence-electron chi connectivity index (χ2n) is 3.12. The number of aryl methyl sites for hydroxylation is 1. The van der Waals surface area contributed by atoms with Crippen LogP contribution in [0.15, 0.2) is 11.4 Å². The van der Waals surface area contributed by atoms with Crippen molar-refractivity contribution in [3.05, 3.63) is 21.9 Å². The van der Waals surface area contributed by atoms with Gasteiger partial charge in [0.1, 0.15) is 0 Å². The van der Waals surface area contributed by atoms with Gasteiger partial charge in [-0.3, -0.25) is 0 Å². The third kappa shape index (κ3) is 2.32. The van der Waals surface area contributed by atoms with Crippen LogP contribution < -0.4 is 5.73 Å². The highest BCUT2D eigenvalue weighted by atomic mass is 32.1. The van der Waals surface area contributed by atoms with Crippen molar-refractivity contribution in [2.45, 2.75) is 39.0 Å². The Balaban J connectivity index is 0.000000396. The van der Waals surface area contributed by atoms with Crippen LogP contribution in [-0.4, -0.2) is 6.54 Å². The fourth-order valence-electron chi connectivity index (χ4n) is 1.83. The summed E-state index contributed by atoms with van der Waals surface area (Å²) in [5, 5.41) is 2.19. The molecule has 2 heteroatoms. The molecule has 13 heavy (non-hydrogen) atoms. The lowest BCUT2D eigenvalue weighted by atomic mass is 9.88. The number of hydrogen-bond acceptors (Lipinski definition) is 2. The van der Waals surface area contributed by atoms with E-state index in [-0.39, 0.29) is 0 Å². The lowest BCUT2D eigenvalue weighted by Crippen LogP contribution is -2.16. The van der Waals surface area contributed by atoms with E-state index < -0.39 is 0 Å². The predicted molar refractivity (Wildman–Crippen MR) is 60.4 cm³/mol. The van der Waals surface area contributed by atoms with E-state index in [1.54, 1.807) is 4.88 Å². The Morgan fingerprint density at radius 2 is 2.31 bits per heavy atom. The number of hydrogen-bond donors (Lipinski definition) is 1. The molecule has 1 aromatic rings. The van der Waals surface area contributed by atoms with Crippen LogP contribution in [0.5, 0.6) is 0 Å². The Labute approximate surface area is 85.0 Å². The van der Waals surface area contributed by atoms with Gasteiger partial charge in [-0.05, 0) is 48.7 Å². The van der Waals surface area contributed by atoms with E-state index >= 15 is 0 Å². The molecule has 1 aliphatic rings. The molecule has 1 nitrogen and oxygen atoms in total. The summed E-state index contributed by atoms with van der Waals surface area (Å²) >= 11 is 1.89. The summed E-state index contributed by atoms with van der Waals surface area (Å²) in [5.41, 5.74) is 7.21. The molecule has 0 aromatic carbocycles. The van der Waals surface area contributed by atoms with Gasteiger partial charge in [0.25, 0.3) is 0 Å². The van der Waals surface area contributed by atoms with E-state index in [2.05, 4.69) is 11.4 Å². The van der Waals surface area contributed by atoms with Gasteiger partial charge in [0, 0.05) is 4.88 Å². The smallest absolute Gasteiger partial charge is 0.00805 e. The Bertz CT molecular complexity index is 242. The van der Waals surface area contributed by atoms with E-state index in [0.29, 0.717) is 5.92 Å². The van der Waals surface area contributed by atoms with Crippen molar-refractivity contribution in [2.24, 2.45) is 5.73 Å². The molecule has 1 unspecified atom stereocenters. The van der Waals surface area contributed by atoms with E-state index in [0.717, 1.165) is 6.54 Å². The first-order valence-electron chi connectivity index (χ1n) is 5.18. The molecule has 0 radical (unpaired) electrons. The molecule has 0 amide bonds. The summed E-state index contributed by atoms with van der Waals surface area (Å²) in [6.45, 7) is 4.82. The van der Waals surface area contributed by atoms with Crippen molar-refractivity contribution < 1.29 is 0 Å². The van der Waals surface area contributed by atoms with E-state index in [1.165, 1.54) is 24.8 Å². The minimum absolute atomic E-state index is 0.657. The van der Waals surface area contributed by atoms with Crippen LogP contribution in [0.4, 0.5) is 0 Å². The molecule has 1 atom stereocenters. The fourth-order valence-corrected chi connectivity index (χ4v) is 2.84. The first-order valence-corrected chi connectivity index (χ1v) is 6.06. The Morgan fingerprint density at radius 1 is 1.54 bits per heavy atom. The summed E-state index contributed by atoms with van der Waals surface area (Å²) in [5.74, 6) is 0.657. The highest BCUT2D eigenvalue weighted by molar-refractivity contribution is 7.10. The standard InChI is InChI=1S/C9H13NS.C2H6/c10-6-7-2-1-3-9-8(7)4-5-11-9;1-2/h4-5,7H,1-3,6,10H2;1-2H3. The third-order valence-electron chi connectivity index (χ3n) is 2.46. The van der Waals surface area contributed by atoms with Crippen LogP contribution in [0, 0.1) is 0 Å². The summed E-state index contributed by atoms with van der Waals surface area (Å²) in [6, 6.07) is 2.25. The normalized spacial score (nSPS) is 20.1. The molecule has 0 spiro atoms. The zero-order valence-corrected chi connectivity index (χ0v) is 9.36. The second kappa shape index (κ2) is 5.40. The van der Waals surface area contributed by atoms with Gasteiger partial charge in [-0.2, -0.15) is 0 Å². The maximum absolute atomic E-state index is 5.68. The summed E-state index contributed by atoms with van der Waals surface area (Å²) in [7, 11) is 0. The van der Waals surface area contributed by atoms with Crippen molar-refractivity contribution in [3.8, 4) is 0 Å². The molecule has 1 heterocycles. The minimum atomic E-state index is 0.657. The molecule has 2 N–H and O–H groups in total. The molecule has 0 saturated carbocycles. The van der Waals surface area contributed by atoms with E-state index in [1.807, 2.05) is 25.2 Å². The first-order chi connectivity index (χ1) is 6.42. The molecule has 0 aliphatic heterocycles. The van der Waals surface area contributed by atoms with Gasteiger partial charge >= 0.3 is 0 Å². The maximum atomic E-state index is 5.68. The summed E-state index contributed by atoms with van der Waals surface area (Å²) in [4.78, 5) is 1.58. The van der Waals surface area contributed by atoms with Gasteiger partial charge < -0.3 is 5.73 Å². The maximum Gasteiger partial charge on any atom is 0.00805 e. The lowest BCUT2D eigenvalue weighted by molar-refractivity contribution is 0.567. The Kier molecular flexibility index (Phi) is 4.46. The van der Waals surface area contributed by atoms with Gasteiger partial charge in [0.05, 0.1) is 0 Å². The average molecular weight is 197 g/mol. The highest BCUT2D eigenvalue weighted by Gasteiger charge is 2.19. The number of nitrogens with two attached hydrogens (primary N) is 1.